The van der Waals surface area contributed by atoms with Gasteiger partial charge < -0.3 is 5.32 Å². The van der Waals surface area contributed by atoms with Crippen molar-refractivity contribution in [3.05, 3.63) is 29.6 Å². The van der Waals surface area contributed by atoms with E-state index < -0.39 is 9.84 Å². The largest absolute Gasteiger partial charge is 0.331 e. The second kappa shape index (κ2) is 7.22. The Morgan fingerprint density at radius 3 is 2.74 bits per heavy atom. The van der Waals surface area contributed by atoms with E-state index in [2.05, 4.69) is 16.2 Å². The Morgan fingerprint density at radius 1 is 1.39 bits per heavy atom. The summed E-state index contributed by atoms with van der Waals surface area (Å²) in [6.45, 7) is 1.65. The molecule has 0 saturated carbocycles. The molecular weight excluding hydrogens is 341 g/mol. The molecule has 3 N–H and O–H groups in total. The summed E-state index contributed by atoms with van der Waals surface area (Å²) in [6.07, 6.45) is 0.620. The van der Waals surface area contributed by atoms with E-state index in [1.54, 1.807) is 19.1 Å². The fraction of sp³-hybridized carbons (Fsp3) is 0.429. The minimum Gasteiger partial charge on any atom is -0.331 e. The molecule has 126 valence electrons. The van der Waals surface area contributed by atoms with E-state index in [0.29, 0.717) is 17.7 Å². The summed E-state index contributed by atoms with van der Waals surface area (Å²) in [6, 6.07) is 4.57. The van der Waals surface area contributed by atoms with Gasteiger partial charge in [0.05, 0.1) is 11.5 Å². The third-order valence-corrected chi connectivity index (χ3v) is 5.59. The van der Waals surface area contributed by atoms with Gasteiger partial charge in [-0.1, -0.05) is 6.07 Å². The zero-order chi connectivity index (χ0) is 17.0. The minimum absolute atomic E-state index is 0.0474. The maximum absolute atomic E-state index is 13.4. The number of rotatable bonds is 3. The van der Waals surface area contributed by atoms with E-state index in [9.17, 15) is 17.6 Å². The van der Waals surface area contributed by atoms with Crippen LogP contribution in [0, 0.1) is 18.7 Å². The van der Waals surface area contributed by atoms with Crippen LogP contribution in [-0.4, -0.2) is 30.9 Å². The van der Waals surface area contributed by atoms with Crippen LogP contribution in [0.2, 0.25) is 0 Å². The topological polar surface area (TPSA) is 87.3 Å². The maximum atomic E-state index is 13.4. The zero-order valence-corrected chi connectivity index (χ0v) is 14.2. The molecule has 1 aromatic rings. The molecule has 1 aliphatic rings. The van der Waals surface area contributed by atoms with Crippen LogP contribution in [-0.2, 0) is 14.6 Å². The lowest BCUT2D eigenvalue weighted by Crippen LogP contribution is -2.44. The van der Waals surface area contributed by atoms with Crippen molar-refractivity contribution in [2.75, 3.05) is 16.8 Å². The molecule has 9 heteroatoms. The maximum Gasteiger partial charge on any atom is 0.238 e. The van der Waals surface area contributed by atoms with E-state index in [1.807, 2.05) is 0 Å². The molecule has 23 heavy (non-hydrogen) atoms. The number of sulfone groups is 1. The van der Waals surface area contributed by atoms with Crippen LogP contribution >= 0.6 is 12.2 Å². The molecule has 2 rings (SSSR count). The average molecular weight is 359 g/mol. The van der Waals surface area contributed by atoms with Gasteiger partial charge in [-0.2, -0.15) is 0 Å². The highest BCUT2D eigenvalue weighted by Gasteiger charge is 2.29. The van der Waals surface area contributed by atoms with E-state index in [1.165, 1.54) is 6.07 Å². The normalized spacial score (nSPS) is 19.1. The number of carbonyl (C=O) groups excluding carboxylic acids is 1. The van der Waals surface area contributed by atoms with Crippen molar-refractivity contribution in [1.29, 1.82) is 0 Å². The average Bonchev–Trinajstić information content (AvgIpc) is 2.80. The predicted molar refractivity (Wildman–Crippen MR) is 90.0 cm³/mol. The van der Waals surface area contributed by atoms with E-state index in [0.717, 1.165) is 0 Å². The summed E-state index contributed by atoms with van der Waals surface area (Å²) in [5, 5.41) is 2.85. The summed E-state index contributed by atoms with van der Waals surface area (Å²) < 4.78 is 36.1. The molecule has 1 fully saturated rings. The molecule has 1 heterocycles. The highest BCUT2D eigenvalue weighted by Crippen LogP contribution is 2.21. The second-order valence-electron chi connectivity index (χ2n) is 5.56. The van der Waals surface area contributed by atoms with Crippen LogP contribution in [0.1, 0.15) is 18.4 Å². The lowest BCUT2D eigenvalue weighted by atomic mass is 10.1. The van der Waals surface area contributed by atoms with E-state index in [-0.39, 0.29) is 40.7 Å². The van der Waals surface area contributed by atoms with Crippen LogP contribution in [0.4, 0.5) is 10.1 Å². The van der Waals surface area contributed by atoms with Gasteiger partial charge in [0.25, 0.3) is 0 Å². The number of thiocarbonyl (C=S) groups is 1. The van der Waals surface area contributed by atoms with E-state index in [4.69, 9.17) is 12.2 Å². The Bertz CT molecular complexity index is 722. The highest BCUT2D eigenvalue weighted by molar-refractivity contribution is 7.91. The number of hydrogen-bond donors (Lipinski definition) is 3. The molecule has 1 amide bonds. The molecule has 0 aromatic heterocycles. The molecule has 0 spiro atoms. The van der Waals surface area contributed by atoms with Gasteiger partial charge in [-0.25, -0.2) is 12.8 Å². The zero-order valence-electron chi connectivity index (χ0n) is 12.6. The molecular formula is C14H18FN3O3S2. The van der Waals surface area contributed by atoms with Gasteiger partial charge in [0, 0.05) is 12.1 Å². The van der Waals surface area contributed by atoms with Gasteiger partial charge in [-0.15, -0.1) is 0 Å². The summed E-state index contributed by atoms with van der Waals surface area (Å²) in [5.41, 5.74) is 5.89. The molecule has 1 saturated heterocycles. The lowest BCUT2D eigenvalue weighted by Gasteiger charge is -2.13. The van der Waals surface area contributed by atoms with Crippen molar-refractivity contribution >= 4 is 38.8 Å². The first-order valence-electron chi connectivity index (χ1n) is 7.07. The van der Waals surface area contributed by atoms with Crippen molar-refractivity contribution in [2.45, 2.75) is 19.8 Å². The Hall–Kier alpha value is -1.74. The molecule has 1 aromatic carbocycles. The number of amides is 1. The molecule has 0 unspecified atom stereocenters. The fourth-order valence-electron chi connectivity index (χ4n) is 2.31. The van der Waals surface area contributed by atoms with E-state index >= 15 is 0 Å². The fourth-order valence-corrected chi connectivity index (χ4v) is 4.34. The van der Waals surface area contributed by atoms with Crippen LogP contribution < -0.4 is 16.2 Å². The summed E-state index contributed by atoms with van der Waals surface area (Å²) >= 11 is 4.99. The van der Waals surface area contributed by atoms with Crippen LogP contribution in [0.15, 0.2) is 18.2 Å². The molecule has 1 aliphatic heterocycles. The summed E-state index contributed by atoms with van der Waals surface area (Å²) in [4.78, 5) is 11.7. The molecule has 0 aliphatic carbocycles. The quantitative estimate of drug-likeness (QED) is 0.557. The smallest absolute Gasteiger partial charge is 0.238 e. The van der Waals surface area contributed by atoms with Crippen molar-refractivity contribution in [2.24, 2.45) is 5.92 Å². The molecule has 0 bridgehead atoms. The summed E-state index contributed by atoms with van der Waals surface area (Å²) in [7, 11) is -2.99. The van der Waals surface area contributed by atoms with Gasteiger partial charge in [0.15, 0.2) is 14.9 Å². The number of benzene rings is 1. The lowest BCUT2D eigenvalue weighted by molar-refractivity contribution is -0.122. The Labute approximate surface area is 139 Å². The van der Waals surface area contributed by atoms with Gasteiger partial charge >= 0.3 is 0 Å². The third kappa shape index (κ3) is 5.43. The number of anilines is 1. The second-order valence-corrected chi connectivity index (χ2v) is 8.20. The third-order valence-electron chi connectivity index (χ3n) is 3.55. The number of halogens is 1. The predicted octanol–water partition coefficient (Wildman–Crippen LogP) is 1.28. The van der Waals surface area contributed by atoms with Crippen molar-refractivity contribution in [1.82, 2.24) is 10.9 Å². The van der Waals surface area contributed by atoms with Crippen LogP contribution in [0.3, 0.4) is 0 Å². The number of hydrazine groups is 1. The standard InChI is InChI=1S/C14H18FN3O3S2/c1-9-2-3-11(7-12(9)15)16-14(22)18-17-13(19)6-10-4-5-23(20,21)8-10/h2-3,7,10H,4-6,8H2,1H3,(H,17,19)(H2,16,18,22)/t10-/m1/s1. The number of nitrogens with one attached hydrogen (secondary N) is 3. The first kappa shape index (κ1) is 17.6. The van der Waals surface area contributed by atoms with Crippen molar-refractivity contribution < 1.29 is 17.6 Å². The van der Waals surface area contributed by atoms with Crippen molar-refractivity contribution in [3.63, 3.8) is 0 Å². The first-order valence-corrected chi connectivity index (χ1v) is 9.30. The monoisotopic (exact) mass is 359 g/mol. The van der Waals surface area contributed by atoms with Crippen LogP contribution in [0.5, 0.6) is 0 Å². The number of hydrogen-bond acceptors (Lipinski definition) is 4. The van der Waals surface area contributed by atoms with Gasteiger partial charge in [-0.3, -0.25) is 15.6 Å². The Morgan fingerprint density at radius 2 is 2.13 bits per heavy atom. The molecule has 0 radical (unpaired) electrons. The number of carbonyl (C=O) groups is 1. The van der Waals surface area contributed by atoms with Crippen molar-refractivity contribution in [3.8, 4) is 0 Å². The summed E-state index contributed by atoms with van der Waals surface area (Å²) in [5.74, 6) is -0.673. The van der Waals surface area contributed by atoms with Gasteiger partial charge in [-0.05, 0) is 49.2 Å². The Balaban J connectivity index is 1.75. The van der Waals surface area contributed by atoms with Gasteiger partial charge in [0.2, 0.25) is 5.91 Å². The first-order chi connectivity index (χ1) is 10.7. The van der Waals surface area contributed by atoms with Crippen LogP contribution in [0.25, 0.3) is 0 Å². The molecule has 6 nitrogen and oxygen atoms in total. The SMILES string of the molecule is Cc1ccc(NC(=S)NNC(=O)C[C@H]2CCS(=O)(=O)C2)cc1F. The number of aryl methyl sites for hydroxylation is 1. The molecule has 1 atom stereocenters. The highest BCUT2D eigenvalue weighted by atomic mass is 32.2. The Kier molecular flexibility index (Phi) is 5.53. The minimum atomic E-state index is -2.99. The van der Waals surface area contributed by atoms with Gasteiger partial charge in [0.1, 0.15) is 5.82 Å².